The Bertz CT molecular complexity index is 268. The van der Waals surface area contributed by atoms with Gasteiger partial charge in [-0.2, -0.15) is 0 Å². The minimum atomic E-state index is -0.0966. The van der Waals surface area contributed by atoms with Crippen molar-refractivity contribution in [3.05, 3.63) is 0 Å². The van der Waals surface area contributed by atoms with E-state index in [1.54, 1.807) is 0 Å². The summed E-state index contributed by atoms with van der Waals surface area (Å²) in [6, 6.07) is 0. The van der Waals surface area contributed by atoms with Crippen LogP contribution in [0.3, 0.4) is 0 Å². The van der Waals surface area contributed by atoms with Gasteiger partial charge in [0.25, 0.3) is 0 Å². The molecule has 0 heterocycles. The van der Waals surface area contributed by atoms with E-state index in [-0.39, 0.29) is 5.97 Å². The van der Waals surface area contributed by atoms with Crippen molar-refractivity contribution < 1.29 is 19.0 Å². The molecule has 1 atom stereocenters. The summed E-state index contributed by atoms with van der Waals surface area (Å²) in [4.78, 5) is 11.7. The van der Waals surface area contributed by atoms with E-state index in [2.05, 4.69) is 20.8 Å². The Morgan fingerprint density at radius 2 is 1.46 bits per heavy atom. The molecule has 4 nitrogen and oxygen atoms in total. The van der Waals surface area contributed by atoms with Gasteiger partial charge >= 0.3 is 5.97 Å². The zero-order valence-electron chi connectivity index (χ0n) is 16.3. The second kappa shape index (κ2) is 18.7. The first-order valence-electron chi connectivity index (χ1n) is 10.1. The second-order valence-electron chi connectivity index (χ2n) is 6.49. The molecule has 144 valence electrons. The summed E-state index contributed by atoms with van der Waals surface area (Å²) in [6.45, 7) is 9.81. The molecular weight excluding hydrogens is 304 g/mol. The van der Waals surface area contributed by atoms with Crippen molar-refractivity contribution in [2.45, 2.75) is 85.0 Å². The van der Waals surface area contributed by atoms with E-state index < -0.39 is 0 Å². The average Bonchev–Trinajstić information content (AvgIpc) is 2.59. The molecule has 0 aromatic heterocycles. The lowest BCUT2D eigenvalue weighted by Crippen LogP contribution is -2.14. The van der Waals surface area contributed by atoms with Gasteiger partial charge in [-0.15, -0.1) is 0 Å². The Hall–Kier alpha value is -0.610. The largest absolute Gasteiger partial charge is 0.465 e. The van der Waals surface area contributed by atoms with Gasteiger partial charge in [0.05, 0.1) is 19.8 Å². The van der Waals surface area contributed by atoms with Gasteiger partial charge < -0.3 is 14.2 Å². The van der Waals surface area contributed by atoms with Crippen LogP contribution in [0.5, 0.6) is 0 Å². The summed E-state index contributed by atoms with van der Waals surface area (Å²) in [5.41, 5.74) is 0. The third kappa shape index (κ3) is 16.3. The summed E-state index contributed by atoms with van der Waals surface area (Å²) in [6.07, 6.45) is 10.7. The molecule has 1 unspecified atom stereocenters. The molecule has 0 rings (SSSR count). The first kappa shape index (κ1) is 23.4. The number of unbranched alkanes of at least 4 members (excludes halogenated alkanes) is 4. The molecule has 4 heteroatoms. The number of ether oxygens (including phenoxy) is 3. The molecule has 0 aromatic carbocycles. The van der Waals surface area contributed by atoms with Crippen molar-refractivity contribution in [1.82, 2.24) is 0 Å². The number of esters is 1. The Kier molecular flexibility index (Phi) is 18.2. The molecule has 0 aliphatic heterocycles. The Balaban J connectivity index is 3.33. The van der Waals surface area contributed by atoms with E-state index in [0.717, 1.165) is 32.3 Å². The fourth-order valence-electron chi connectivity index (χ4n) is 2.45. The molecule has 0 radical (unpaired) electrons. The van der Waals surface area contributed by atoms with Crippen LogP contribution in [-0.4, -0.2) is 39.0 Å². The minimum Gasteiger partial charge on any atom is -0.465 e. The molecule has 0 fully saturated rings. The maximum absolute atomic E-state index is 11.7. The molecule has 0 saturated carbocycles. The molecule has 0 N–H and O–H groups in total. The van der Waals surface area contributed by atoms with Gasteiger partial charge in [0.15, 0.2) is 0 Å². The summed E-state index contributed by atoms with van der Waals surface area (Å²) < 4.78 is 16.3. The maximum atomic E-state index is 11.7. The lowest BCUT2D eigenvalue weighted by atomic mass is 10.0. The summed E-state index contributed by atoms with van der Waals surface area (Å²) in [5, 5.41) is 0. The van der Waals surface area contributed by atoms with E-state index in [0.29, 0.717) is 38.8 Å². The van der Waals surface area contributed by atoms with E-state index in [9.17, 15) is 4.79 Å². The molecule has 0 aliphatic rings. The Morgan fingerprint density at radius 1 is 0.792 bits per heavy atom. The van der Waals surface area contributed by atoms with Crippen LogP contribution in [0.4, 0.5) is 0 Å². The predicted molar refractivity (Wildman–Crippen MR) is 99.3 cm³/mol. The highest BCUT2D eigenvalue weighted by atomic mass is 16.5. The topological polar surface area (TPSA) is 44.8 Å². The first-order chi connectivity index (χ1) is 11.7. The molecule has 0 spiro atoms. The average molecular weight is 345 g/mol. The number of carbonyl (C=O) groups excluding carboxylic acids is 1. The van der Waals surface area contributed by atoms with Crippen LogP contribution in [-0.2, 0) is 19.0 Å². The Labute approximate surface area is 149 Å². The van der Waals surface area contributed by atoms with Crippen LogP contribution in [0.15, 0.2) is 0 Å². The van der Waals surface area contributed by atoms with Crippen LogP contribution in [0.2, 0.25) is 0 Å². The van der Waals surface area contributed by atoms with Gasteiger partial charge in [-0.25, -0.2) is 0 Å². The third-order valence-electron chi connectivity index (χ3n) is 4.21. The highest BCUT2D eigenvalue weighted by Gasteiger charge is 2.09. The van der Waals surface area contributed by atoms with Crippen LogP contribution in [0.25, 0.3) is 0 Å². The van der Waals surface area contributed by atoms with Crippen LogP contribution in [0, 0.1) is 5.92 Å². The summed E-state index contributed by atoms with van der Waals surface area (Å²) in [7, 11) is 0. The van der Waals surface area contributed by atoms with Crippen molar-refractivity contribution >= 4 is 5.97 Å². The zero-order valence-corrected chi connectivity index (χ0v) is 16.3. The smallest absolute Gasteiger partial charge is 0.305 e. The lowest BCUT2D eigenvalue weighted by Gasteiger charge is -2.14. The third-order valence-corrected chi connectivity index (χ3v) is 4.21. The van der Waals surface area contributed by atoms with E-state index in [1.807, 2.05) is 0 Å². The zero-order chi connectivity index (χ0) is 17.9. The molecule has 0 aromatic rings. The van der Waals surface area contributed by atoms with Crippen molar-refractivity contribution in [1.29, 1.82) is 0 Å². The highest BCUT2D eigenvalue weighted by molar-refractivity contribution is 5.69. The molecule has 0 aliphatic carbocycles. The fraction of sp³-hybridized carbons (Fsp3) is 0.950. The number of hydrogen-bond donors (Lipinski definition) is 0. The number of carbonyl (C=O) groups is 1. The lowest BCUT2D eigenvalue weighted by molar-refractivity contribution is -0.145. The molecule has 0 bridgehead atoms. The molecular formula is C20H40O4. The van der Waals surface area contributed by atoms with E-state index >= 15 is 0 Å². The quantitative estimate of drug-likeness (QED) is 0.255. The second-order valence-corrected chi connectivity index (χ2v) is 6.49. The van der Waals surface area contributed by atoms with E-state index in [1.165, 1.54) is 32.1 Å². The SMILES string of the molecule is CCCCCCOCCOCCCC(=O)OCC(CC)CCCC. The normalized spacial score (nSPS) is 12.3. The highest BCUT2D eigenvalue weighted by Crippen LogP contribution is 2.13. The van der Waals surface area contributed by atoms with Crippen molar-refractivity contribution in [2.24, 2.45) is 5.92 Å². The number of rotatable bonds is 18. The van der Waals surface area contributed by atoms with E-state index in [4.69, 9.17) is 14.2 Å². The van der Waals surface area contributed by atoms with Crippen molar-refractivity contribution in [3.8, 4) is 0 Å². The maximum Gasteiger partial charge on any atom is 0.305 e. The molecule has 0 saturated heterocycles. The molecule has 24 heavy (non-hydrogen) atoms. The monoisotopic (exact) mass is 344 g/mol. The van der Waals surface area contributed by atoms with Gasteiger partial charge in [0.2, 0.25) is 0 Å². The first-order valence-corrected chi connectivity index (χ1v) is 10.1. The van der Waals surface area contributed by atoms with Gasteiger partial charge in [0.1, 0.15) is 0 Å². The Morgan fingerprint density at radius 3 is 2.08 bits per heavy atom. The van der Waals surface area contributed by atoms with Gasteiger partial charge in [-0.1, -0.05) is 59.3 Å². The molecule has 0 amide bonds. The van der Waals surface area contributed by atoms with Crippen LogP contribution < -0.4 is 0 Å². The van der Waals surface area contributed by atoms with Crippen LogP contribution >= 0.6 is 0 Å². The van der Waals surface area contributed by atoms with Crippen molar-refractivity contribution in [3.63, 3.8) is 0 Å². The standard InChI is InChI=1S/C20H40O4/c1-4-7-9-10-14-22-16-17-23-15-11-13-20(21)24-18-19(6-3)12-8-5-2/h19H,4-18H2,1-3H3. The predicted octanol–water partition coefficient (Wildman–Crippen LogP) is 5.14. The van der Waals surface area contributed by atoms with Gasteiger partial charge in [-0.3, -0.25) is 4.79 Å². The van der Waals surface area contributed by atoms with Gasteiger partial charge in [-0.05, 0) is 25.2 Å². The minimum absolute atomic E-state index is 0.0966. The van der Waals surface area contributed by atoms with Gasteiger partial charge in [0, 0.05) is 19.6 Å². The number of hydrogen-bond acceptors (Lipinski definition) is 4. The summed E-state index contributed by atoms with van der Waals surface area (Å²) in [5.74, 6) is 0.417. The van der Waals surface area contributed by atoms with Crippen LogP contribution in [0.1, 0.15) is 85.0 Å². The van der Waals surface area contributed by atoms with Crippen molar-refractivity contribution in [2.75, 3.05) is 33.0 Å². The summed E-state index contributed by atoms with van der Waals surface area (Å²) >= 11 is 0. The fourth-order valence-corrected chi connectivity index (χ4v) is 2.45.